The second kappa shape index (κ2) is 6.39. The predicted molar refractivity (Wildman–Crippen MR) is 93.4 cm³/mol. The first kappa shape index (κ1) is 15.4. The molecular formula is C17H20N4O2S. The lowest BCUT2D eigenvalue weighted by molar-refractivity contribution is -0.132. The van der Waals surface area contributed by atoms with Crippen molar-refractivity contribution in [3.8, 4) is 16.3 Å². The summed E-state index contributed by atoms with van der Waals surface area (Å²) < 4.78 is 5.18. The van der Waals surface area contributed by atoms with Crippen molar-refractivity contribution in [2.45, 2.75) is 12.8 Å². The minimum Gasteiger partial charge on any atom is -0.497 e. The van der Waals surface area contributed by atoms with E-state index in [1.807, 2.05) is 29.2 Å². The molecule has 1 aromatic carbocycles. The first-order valence-corrected chi connectivity index (χ1v) is 9.08. The minimum atomic E-state index is 0.305. The Balaban J connectivity index is 1.40. The topological polar surface area (TPSA) is 58.6 Å². The van der Waals surface area contributed by atoms with E-state index < -0.39 is 0 Å². The van der Waals surface area contributed by atoms with Crippen molar-refractivity contribution in [2.24, 2.45) is 5.92 Å². The van der Waals surface area contributed by atoms with Gasteiger partial charge in [0.05, 0.1) is 7.11 Å². The van der Waals surface area contributed by atoms with Crippen molar-refractivity contribution in [1.82, 2.24) is 15.1 Å². The number of benzene rings is 1. The highest BCUT2D eigenvalue weighted by Gasteiger charge is 2.34. The summed E-state index contributed by atoms with van der Waals surface area (Å²) in [5.41, 5.74) is 1.04. The van der Waals surface area contributed by atoms with Gasteiger partial charge in [-0.3, -0.25) is 4.79 Å². The summed E-state index contributed by atoms with van der Waals surface area (Å²) >= 11 is 1.59. The third kappa shape index (κ3) is 3.08. The number of carbonyl (C=O) groups is 1. The van der Waals surface area contributed by atoms with Gasteiger partial charge in [-0.25, -0.2) is 0 Å². The number of piperazine rings is 1. The molecule has 2 aromatic rings. The molecule has 0 atom stereocenters. The Bertz CT molecular complexity index is 718. The largest absolute Gasteiger partial charge is 0.497 e. The van der Waals surface area contributed by atoms with Crippen molar-refractivity contribution in [3.05, 3.63) is 24.3 Å². The number of carbonyl (C=O) groups excluding carboxylic acids is 1. The van der Waals surface area contributed by atoms with E-state index in [4.69, 9.17) is 4.74 Å². The number of nitrogens with zero attached hydrogens (tertiary/aromatic N) is 4. The second-order valence-electron chi connectivity index (χ2n) is 6.20. The lowest BCUT2D eigenvalue weighted by atomic mass is 10.2. The number of rotatable bonds is 4. The van der Waals surface area contributed by atoms with Gasteiger partial charge in [0.1, 0.15) is 10.8 Å². The summed E-state index contributed by atoms with van der Waals surface area (Å²) in [6, 6.07) is 7.85. The predicted octanol–water partition coefficient (Wildman–Crippen LogP) is 2.27. The smallest absolute Gasteiger partial charge is 0.225 e. The van der Waals surface area contributed by atoms with Gasteiger partial charge >= 0.3 is 0 Å². The average molecular weight is 344 g/mol. The van der Waals surface area contributed by atoms with Gasteiger partial charge in [-0.1, -0.05) is 11.3 Å². The molecule has 0 N–H and O–H groups in total. The van der Waals surface area contributed by atoms with Gasteiger partial charge in [0.15, 0.2) is 0 Å². The lowest BCUT2D eigenvalue weighted by Crippen LogP contribution is -2.49. The number of anilines is 1. The molecule has 126 valence electrons. The molecule has 0 radical (unpaired) electrons. The summed E-state index contributed by atoms with van der Waals surface area (Å²) in [4.78, 5) is 16.3. The van der Waals surface area contributed by atoms with Crippen LogP contribution in [0.25, 0.3) is 10.6 Å². The number of hydrogen-bond acceptors (Lipinski definition) is 6. The maximum Gasteiger partial charge on any atom is 0.225 e. The van der Waals surface area contributed by atoms with E-state index in [0.717, 1.165) is 60.5 Å². The molecule has 4 rings (SSSR count). The van der Waals surface area contributed by atoms with Gasteiger partial charge in [-0.15, -0.1) is 10.2 Å². The molecule has 1 saturated heterocycles. The monoisotopic (exact) mass is 344 g/mol. The molecular weight excluding hydrogens is 324 g/mol. The number of methoxy groups -OCH3 is 1. The van der Waals surface area contributed by atoms with E-state index in [2.05, 4.69) is 15.1 Å². The number of amides is 1. The van der Waals surface area contributed by atoms with Crippen LogP contribution in [0.15, 0.2) is 24.3 Å². The molecule has 1 amide bonds. The SMILES string of the molecule is COc1ccc(-c2nnc(N3CCN(C(=O)C4CC4)CC3)s2)cc1. The highest BCUT2D eigenvalue weighted by atomic mass is 32.1. The van der Waals surface area contributed by atoms with Crippen LogP contribution in [-0.4, -0.2) is 54.3 Å². The maximum atomic E-state index is 12.1. The Labute approximate surface area is 145 Å². The highest BCUT2D eigenvalue weighted by Crippen LogP contribution is 2.33. The lowest BCUT2D eigenvalue weighted by Gasteiger charge is -2.34. The normalized spacial score (nSPS) is 17.9. The third-order valence-corrected chi connectivity index (χ3v) is 5.57. The fourth-order valence-electron chi connectivity index (χ4n) is 2.90. The van der Waals surface area contributed by atoms with E-state index in [9.17, 15) is 4.79 Å². The molecule has 0 unspecified atom stereocenters. The Morgan fingerprint density at radius 3 is 2.46 bits per heavy atom. The quantitative estimate of drug-likeness (QED) is 0.852. The van der Waals surface area contributed by atoms with Crippen molar-refractivity contribution >= 4 is 22.4 Å². The van der Waals surface area contributed by atoms with Crippen LogP contribution < -0.4 is 9.64 Å². The summed E-state index contributed by atoms with van der Waals surface area (Å²) in [6.45, 7) is 3.23. The van der Waals surface area contributed by atoms with Crippen LogP contribution in [0, 0.1) is 5.92 Å². The van der Waals surface area contributed by atoms with Crippen molar-refractivity contribution in [3.63, 3.8) is 0 Å². The van der Waals surface area contributed by atoms with Crippen LogP contribution in [0.2, 0.25) is 0 Å². The van der Waals surface area contributed by atoms with Gasteiger partial charge in [-0.05, 0) is 37.1 Å². The molecule has 24 heavy (non-hydrogen) atoms. The molecule has 6 nitrogen and oxygen atoms in total. The third-order valence-electron chi connectivity index (χ3n) is 4.54. The molecule has 1 saturated carbocycles. The summed E-state index contributed by atoms with van der Waals surface area (Å²) in [5.74, 6) is 1.48. The molecule has 0 spiro atoms. The number of hydrogen-bond donors (Lipinski definition) is 0. The molecule has 7 heteroatoms. The zero-order chi connectivity index (χ0) is 16.5. The summed E-state index contributed by atoms with van der Waals surface area (Å²) in [6.07, 6.45) is 2.14. The Hall–Kier alpha value is -2.15. The van der Waals surface area contributed by atoms with E-state index >= 15 is 0 Å². The summed E-state index contributed by atoms with van der Waals surface area (Å²) in [7, 11) is 1.66. The number of aromatic nitrogens is 2. The van der Waals surface area contributed by atoms with Gasteiger partial charge in [0, 0.05) is 37.7 Å². The molecule has 1 aliphatic carbocycles. The van der Waals surface area contributed by atoms with Crippen molar-refractivity contribution in [2.75, 3.05) is 38.2 Å². The zero-order valence-electron chi connectivity index (χ0n) is 13.6. The van der Waals surface area contributed by atoms with E-state index in [1.54, 1.807) is 18.4 Å². The van der Waals surface area contributed by atoms with Gasteiger partial charge in [0.25, 0.3) is 0 Å². The molecule has 1 aliphatic heterocycles. The van der Waals surface area contributed by atoms with Crippen LogP contribution in [0.1, 0.15) is 12.8 Å². The number of ether oxygens (including phenoxy) is 1. The second-order valence-corrected chi connectivity index (χ2v) is 7.16. The van der Waals surface area contributed by atoms with Crippen molar-refractivity contribution in [1.29, 1.82) is 0 Å². The highest BCUT2D eigenvalue weighted by molar-refractivity contribution is 7.18. The zero-order valence-corrected chi connectivity index (χ0v) is 14.5. The van der Waals surface area contributed by atoms with Gasteiger partial charge in [0.2, 0.25) is 11.0 Å². The molecule has 0 bridgehead atoms. The van der Waals surface area contributed by atoms with Crippen LogP contribution in [0.4, 0.5) is 5.13 Å². The fraction of sp³-hybridized carbons (Fsp3) is 0.471. The fourth-order valence-corrected chi connectivity index (χ4v) is 3.80. The van der Waals surface area contributed by atoms with Gasteiger partial charge < -0.3 is 14.5 Å². The molecule has 2 aliphatic rings. The van der Waals surface area contributed by atoms with E-state index in [-0.39, 0.29) is 0 Å². The standard InChI is InChI=1S/C17H20N4O2S/c1-23-14-6-4-12(5-7-14)15-18-19-17(24-15)21-10-8-20(9-11-21)16(22)13-2-3-13/h4-7,13H,2-3,8-11H2,1H3. The Morgan fingerprint density at radius 1 is 1.12 bits per heavy atom. The summed E-state index contributed by atoms with van der Waals surface area (Å²) in [5, 5.41) is 10.5. The van der Waals surface area contributed by atoms with E-state index in [1.165, 1.54) is 0 Å². The molecule has 2 fully saturated rings. The van der Waals surface area contributed by atoms with E-state index in [0.29, 0.717) is 11.8 Å². The Kier molecular flexibility index (Phi) is 4.10. The van der Waals surface area contributed by atoms with Crippen LogP contribution in [0.3, 0.4) is 0 Å². The maximum absolute atomic E-state index is 12.1. The first-order valence-electron chi connectivity index (χ1n) is 8.26. The van der Waals surface area contributed by atoms with Crippen LogP contribution in [-0.2, 0) is 4.79 Å². The minimum absolute atomic E-state index is 0.305. The van der Waals surface area contributed by atoms with Crippen molar-refractivity contribution < 1.29 is 9.53 Å². The average Bonchev–Trinajstić information content (AvgIpc) is 3.38. The molecule has 2 heterocycles. The van der Waals surface area contributed by atoms with Gasteiger partial charge in [-0.2, -0.15) is 0 Å². The van der Waals surface area contributed by atoms with Crippen LogP contribution in [0.5, 0.6) is 5.75 Å². The Morgan fingerprint density at radius 2 is 1.83 bits per heavy atom. The van der Waals surface area contributed by atoms with Crippen LogP contribution >= 0.6 is 11.3 Å². The molecule has 1 aromatic heterocycles. The first-order chi connectivity index (χ1) is 11.7.